The molecular weight excluding hydrogens is 416 g/mol. The third kappa shape index (κ3) is 4.33. The normalized spacial score (nSPS) is 13.9. The molecule has 1 heterocycles. The SMILES string of the molecule is N#Cc1cc(F)c(C(=O)N2CCCN(C(=O)c3c(F)cc(C#N)cc3F)CC2)c(F)c1. The highest BCUT2D eigenvalue weighted by molar-refractivity contribution is 5.96. The molecule has 2 aromatic carbocycles. The highest BCUT2D eigenvalue weighted by atomic mass is 19.1. The zero-order valence-corrected chi connectivity index (χ0v) is 16.0. The van der Waals surface area contributed by atoms with Crippen molar-refractivity contribution < 1.29 is 27.2 Å². The third-order valence-electron chi connectivity index (χ3n) is 4.84. The molecule has 2 aromatic rings. The van der Waals surface area contributed by atoms with Crippen LogP contribution in [0.4, 0.5) is 17.6 Å². The van der Waals surface area contributed by atoms with Crippen LogP contribution in [0.5, 0.6) is 0 Å². The van der Waals surface area contributed by atoms with Gasteiger partial charge in [0.05, 0.1) is 23.3 Å². The molecule has 0 radical (unpaired) electrons. The molecule has 158 valence electrons. The monoisotopic (exact) mass is 430 g/mol. The predicted octanol–water partition coefficient (Wildman–Crippen LogP) is 2.97. The number of carbonyl (C=O) groups is 2. The van der Waals surface area contributed by atoms with Crippen LogP contribution in [-0.2, 0) is 0 Å². The molecule has 1 saturated heterocycles. The summed E-state index contributed by atoms with van der Waals surface area (Å²) in [6.45, 7) is -0.133. The van der Waals surface area contributed by atoms with Crippen molar-refractivity contribution in [2.24, 2.45) is 0 Å². The molecule has 2 amide bonds. The standard InChI is InChI=1S/C21H14F4N4O2/c22-14-6-12(10-26)7-15(23)18(14)20(30)28-2-1-3-29(5-4-28)21(31)19-16(24)8-13(11-27)9-17(19)25/h6-9H,1-5H2. The first-order chi connectivity index (χ1) is 14.8. The summed E-state index contributed by atoms with van der Waals surface area (Å²) in [6.07, 6.45) is 0.205. The van der Waals surface area contributed by atoms with Crippen LogP contribution in [0.1, 0.15) is 38.3 Å². The number of carbonyl (C=O) groups excluding carboxylic acids is 2. The minimum atomic E-state index is -1.18. The van der Waals surface area contributed by atoms with Gasteiger partial charge in [0, 0.05) is 26.2 Å². The lowest BCUT2D eigenvalue weighted by atomic mass is 10.1. The van der Waals surface area contributed by atoms with Gasteiger partial charge < -0.3 is 9.80 Å². The maximum absolute atomic E-state index is 14.2. The van der Waals surface area contributed by atoms with E-state index in [1.807, 2.05) is 0 Å². The molecule has 0 aromatic heterocycles. The quantitative estimate of drug-likeness (QED) is 0.686. The Labute approximate surface area is 174 Å². The molecule has 0 spiro atoms. The number of rotatable bonds is 2. The third-order valence-corrected chi connectivity index (χ3v) is 4.84. The van der Waals surface area contributed by atoms with Crippen LogP contribution < -0.4 is 0 Å². The molecule has 0 atom stereocenters. The first-order valence-corrected chi connectivity index (χ1v) is 9.13. The molecule has 1 aliphatic heterocycles. The zero-order chi connectivity index (χ0) is 22.7. The van der Waals surface area contributed by atoms with Crippen LogP contribution in [-0.4, -0.2) is 47.8 Å². The fraction of sp³-hybridized carbons (Fsp3) is 0.238. The van der Waals surface area contributed by atoms with Crippen molar-refractivity contribution in [2.45, 2.75) is 6.42 Å². The highest BCUT2D eigenvalue weighted by Crippen LogP contribution is 2.21. The number of hydrogen-bond acceptors (Lipinski definition) is 4. The minimum Gasteiger partial charge on any atom is -0.337 e. The van der Waals surface area contributed by atoms with E-state index in [2.05, 4.69) is 0 Å². The summed E-state index contributed by atoms with van der Waals surface area (Å²) in [5.74, 6) is -6.63. The molecule has 0 unspecified atom stereocenters. The van der Waals surface area contributed by atoms with E-state index < -0.39 is 46.2 Å². The number of amides is 2. The molecule has 1 aliphatic rings. The largest absolute Gasteiger partial charge is 0.337 e. The Morgan fingerprint density at radius 3 is 1.29 bits per heavy atom. The summed E-state index contributed by atoms with van der Waals surface area (Å²) < 4.78 is 56.7. The molecule has 10 heteroatoms. The predicted molar refractivity (Wildman–Crippen MR) is 98.6 cm³/mol. The van der Waals surface area contributed by atoms with Crippen LogP contribution in [0.25, 0.3) is 0 Å². The van der Waals surface area contributed by atoms with E-state index in [0.717, 1.165) is 34.1 Å². The van der Waals surface area contributed by atoms with Gasteiger partial charge in [0.2, 0.25) is 0 Å². The average Bonchev–Trinajstić information content (AvgIpc) is 2.98. The van der Waals surface area contributed by atoms with Gasteiger partial charge >= 0.3 is 0 Å². The Morgan fingerprint density at radius 2 is 1.00 bits per heavy atom. The molecule has 0 bridgehead atoms. The molecule has 31 heavy (non-hydrogen) atoms. The zero-order valence-electron chi connectivity index (χ0n) is 16.0. The van der Waals surface area contributed by atoms with Crippen LogP contribution in [0.2, 0.25) is 0 Å². The van der Waals surface area contributed by atoms with Crippen molar-refractivity contribution in [3.63, 3.8) is 0 Å². The molecule has 1 fully saturated rings. The second-order valence-electron chi connectivity index (χ2n) is 6.79. The maximum atomic E-state index is 14.2. The van der Waals surface area contributed by atoms with Gasteiger partial charge in [0.25, 0.3) is 11.8 Å². The van der Waals surface area contributed by atoms with Crippen LogP contribution in [0.3, 0.4) is 0 Å². The first-order valence-electron chi connectivity index (χ1n) is 9.13. The molecule has 3 rings (SSSR count). The van der Waals surface area contributed by atoms with Gasteiger partial charge in [-0.25, -0.2) is 17.6 Å². The van der Waals surface area contributed by atoms with Gasteiger partial charge in [0.1, 0.15) is 34.4 Å². The molecule has 0 saturated carbocycles. The highest BCUT2D eigenvalue weighted by Gasteiger charge is 2.29. The number of benzene rings is 2. The van der Waals surface area contributed by atoms with Crippen molar-refractivity contribution in [3.8, 4) is 12.1 Å². The summed E-state index contributed by atoms with van der Waals surface area (Å²) in [4.78, 5) is 27.5. The fourth-order valence-corrected chi connectivity index (χ4v) is 3.32. The maximum Gasteiger partial charge on any atom is 0.259 e. The fourth-order valence-electron chi connectivity index (χ4n) is 3.32. The lowest BCUT2D eigenvalue weighted by molar-refractivity contribution is 0.0708. The van der Waals surface area contributed by atoms with E-state index >= 15 is 0 Å². The average molecular weight is 430 g/mol. The van der Waals surface area contributed by atoms with Gasteiger partial charge in [-0.05, 0) is 30.7 Å². The van der Waals surface area contributed by atoms with Crippen molar-refractivity contribution in [1.82, 2.24) is 9.80 Å². The Bertz CT molecular complexity index is 1020. The number of nitriles is 2. The van der Waals surface area contributed by atoms with Gasteiger partial charge in [-0.2, -0.15) is 10.5 Å². The number of nitrogens with zero attached hydrogens (tertiary/aromatic N) is 4. The van der Waals surface area contributed by atoms with E-state index in [0.29, 0.717) is 0 Å². The van der Waals surface area contributed by atoms with Crippen molar-refractivity contribution in [2.75, 3.05) is 26.2 Å². The van der Waals surface area contributed by atoms with Crippen molar-refractivity contribution >= 4 is 11.8 Å². The molecule has 6 nitrogen and oxygen atoms in total. The van der Waals surface area contributed by atoms with E-state index in [1.54, 1.807) is 12.1 Å². The minimum absolute atomic E-state index is 0.0554. The summed E-state index contributed by atoms with van der Waals surface area (Å²) in [6, 6.07) is 6.17. The van der Waals surface area contributed by atoms with Gasteiger partial charge in [-0.15, -0.1) is 0 Å². The van der Waals surface area contributed by atoms with Gasteiger partial charge in [-0.3, -0.25) is 9.59 Å². The van der Waals surface area contributed by atoms with Crippen LogP contribution >= 0.6 is 0 Å². The first kappa shape index (κ1) is 21.8. The smallest absolute Gasteiger partial charge is 0.259 e. The number of hydrogen-bond donors (Lipinski definition) is 0. The van der Waals surface area contributed by atoms with E-state index in [4.69, 9.17) is 10.5 Å². The topological polar surface area (TPSA) is 88.2 Å². The lowest BCUT2D eigenvalue weighted by Crippen LogP contribution is -2.38. The summed E-state index contributed by atoms with van der Waals surface area (Å²) in [5, 5.41) is 17.5. The number of halogens is 4. The van der Waals surface area contributed by atoms with Crippen molar-refractivity contribution in [1.29, 1.82) is 10.5 Å². The van der Waals surface area contributed by atoms with Crippen LogP contribution in [0, 0.1) is 45.9 Å². The van der Waals surface area contributed by atoms with Gasteiger partial charge in [0.15, 0.2) is 0 Å². The van der Waals surface area contributed by atoms with Crippen molar-refractivity contribution in [3.05, 3.63) is 69.8 Å². The summed E-state index contributed by atoms with van der Waals surface area (Å²) >= 11 is 0. The Hall–Kier alpha value is -3.92. The van der Waals surface area contributed by atoms with Gasteiger partial charge in [-0.1, -0.05) is 0 Å². The molecule has 0 aliphatic carbocycles. The van der Waals surface area contributed by atoms with E-state index in [-0.39, 0.29) is 43.7 Å². The second-order valence-corrected chi connectivity index (χ2v) is 6.79. The van der Waals surface area contributed by atoms with E-state index in [9.17, 15) is 27.2 Å². The van der Waals surface area contributed by atoms with E-state index in [1.165, 1.54) is 0 Å². The lowest BCUT2D eigenvalue weighted by Gasteiger charge is -2.23. The summed E-state index contributed by atoms with van der Waals surface area (Å²) in [7, 11) is 0. The Balaban J connectivity index is 1.79. The molecule has 0 N–H and O–H groups in total. The van der Waals surface area contributed by atoms with Crippen LogP contribution in [0.15, 0.2) is 24.3 Å². The molecular formula is C21H14F4N4O2. The Morgan fingerprint density at radius 1 is 0.677 bits per heavy atom. The second kappa shape index (κ2) is 8.84. The summed E-state index contributed by atoms with van der Waals surface area (Å²) in [5.41, 5.74) is -2.18. The Kier molecular flexibility index (Phi) is 6.21.